The number of halogens is 3. The van der Waals surface area contributed by atoms with Crippen LogP contribution in [-0.4, -0.2) is 47.5 Å². The number of aliphatic imine (C=N–C) groups is 1. The fourth-order valence-electron chi connectivity index (χ4n) is 4.60. The Morgan fingerprint density at radius 3 is 2.09 bits per heavy atom. The first-order chi connectivity index (χ1) is 15.1. The topological polar surface area (TPSA) is 70.1 Å². The average molecular weight is 439 g/mol. The fraction of sp³-hybridized carbons (Fsp3) is 0.217. The second-order valence-electron chi connectivity index (χ2n) is 7.92. The molecule has 0 spiro atoms. The van der Waals surface area contributed by atoms with Gasteiger partial charge in [0.25, 0.3) is 0 Å². The molecule has 162 valence electrons. The van der Waals surface area contributed by atoms with Crippen LogP contribution in [0.5, 0.6) is 0 Å². The Morgan fingerprint density at radius 2 is 1.47 bits per heavy atom. The maximum absolute atomic E-state index is 13.3. The number of fused-ring (bicyclic) bond motifs is 3. The molecule has 2 unspecified atom stereocenters. The lowest BCUT2D eigenvalue weighted by Gasteiger charge is -2.41. The summed E-state index contributed by atoms with van der Waals surface area (Å²) in [5.41, 5.74) is 1.12. The van der Waals surface area contributed by atoms with Crippen molar-refractivity contribution >= 4 is 29.3 Å². The van der Waals surface area contributed by atoms with E-state index in [1.807, 2.05) is 0 Å². The molecule has 2 atom stereocenters. The van der Waals surface area contributed by atoms with Gasteiger partial charge in [-0.3, -0.25) is 19.4 Å². The van der Waals surface area contributed by atoms with Crippen LogP contribution >= 0.6 is 0 Å². The molecule has 0 saturated carbocycles. The summed E-state index contributed by atoms with van der Waals surface area (Å²) in [6, 6.07) is 10.7. The van der Waals surface area contributed by atoms with E-state index in [2.05, 4.69) is 4.99 Å². The molecule has 0 radical (unpaired) electrons. The highest BCUT2D eigenvalue weighted by Gasteiger charge is 2.52. The van der Waals surface area contributed by atoms with Gasteiger partial charge in [0, 0.05) is 36.7 Å². The minimum absolute atomic E-state index is 0.172. The lowest BCUT2D eigenvalue weighted by atomic mass is 9.75. The van der Waals surface area contributed by atoms with E-state index in [0.717, 1.165) is 17.0 Å². The maximum Gasteiger partial charge on any atom is 0.416 e. The number of carbonyl (C=O) groups is 3. The van der Waals surface area contributed by atoms with Crippen LogP contribution in [0.25, 0.3) is 5.70 Å². The summed E-state index contributed by atoms with van der Waals surface area (Å²) in [5.74, 6) is -2.61. The van der Waals surface area contributed by atoms with Crippen molar-refractivity contribution in [1.82, 2.24) is 9.80 Å². The number of allylic oxidation sites excluding steroid dienone is 1. The van der Waals surface area contributed by atoms with Crippen LogP contribution in [0.3, 0.4) is 0 Å². The van der Waals surface area contributed by atoms with Gasteiger partial charge >= 0.3 is 12.2 Å². The summed E-state index contributed by atoms with van der Waals surface area (Å²) in [4.78, 5) is 45.8. The number of carbonyl (C=O) groups excluding carboxylic acids is 3. The van der Waals surface area contributed by atoms with Gasteiger partial charge in [-0.1, -0.05) is 36.4 Å². The Morgan fingerprint density at radius 1 is 0.844 bits per heavy atom. The number of amidine groups is 1. The molecular weight excluding hydrogens is 423 g/mol. The van der Waals surface area contributed by atoms with Gasteiger partial charge in [-0.15, -0.1) is 0 Å². The Labute approximate surface area is 180 Å². The summed E-state index contributed by atoms with van der Waals surface area (Å²) in [5, 5.41) is 0. The monoisotopic (exact) mass is 439 g/mol. The summed E-state index contributed by atoms with van der Waals surface area (Å²) in [6.45, 7) is 0. The van der Waals surface area contributed by atoms with Crippen molar-refractivity contribution in [2.45, 2.75) is 12.1 Å². The number of rotatable bonds is 1. The molecule has 0 aromatic heterocycles. The average Bonchev–Trinajstić information content (AvgIpc) is 3.06. The van der Waals surface area contributed by atoms with Gasteiger partial charge in [-0.05, 0) is 17.7 Å². The van der Waals surface area contributed by atoms with Gasteiger partial charge in [0.1, 0.15) is 11.8 Å². The number of alkyl halides is 3. The molecule has 5 rings (SSSR count). The van der Waals surface area contributed by atoms with Crippen molar-refractivity contribution in [2.24, 2.45) is 10.9 Å². The smallest absolute Gasteiger partial charge is 0.289 e. The minimum atomic E-state index is -4.52. The molecule has 2 aliphatic heterocycles. The summed E-state index contributed by atoms with van der Waals surface area (Å²) >= 11 is 0. The van der Waals surface area contributed by atoms with E-state index in [4.69, 9.17) is 0 Å². The van der Waals surface area contributed by atoms with Crippen LogP contribution in [0.1, 0.15) is 33.0 Å². The summed E-state index contributed by atoms with van der Waals surface area (Å²) < 4.78 is 39.3. The van der Waals surface area contributed by atoms with Gasteiger partial charge in [0.05, 0.1) is 11.3 Å². The van der Waals surface area contributed by atoms with E-state index < -0.39 is 35.5 Å². The number of urea groups is 1. The van der Waals surface area contributed by atoms with Crippen LogP contribution < -0.4 is 0 Å². The number of Topliss-reactive ketones (excluding diaryl/α,β-unsaturated/α-hetero) is 1. The van der Waals surface area contributed by atoms with E-state index >= 15 is 0 Å². The highest BCUT2D eigenvalue weighted by Crippen LogP contribution is 2.49. The lowest BCUT2D eigenvalue weighted by Crippen LogP contribution is -2.59. The van der Waals surface area contributed by atoms with Crippen LogP contribution in [0.4, 0.5) is 18.0 Å². The quantitative estimate of drug-likeness (QED) is 0.676. The normalized spacial score (nSPS) is 22.7. The van der Waals surface area contributed by atoms with E-state index in [-0.39, 0.29) is 17.2 Å². The molecule has 0 bridgehead atoms. The van der Waals surface area contributed by atoms with Crippen LogP contribution in [0, 0.1) is 5.92 Å². The molecule has 9 heteroatoms. The molecule has 1 aliphatic carbocycles. The predicted octanol–water partition coefficient (Wildman–Crippen LogP) is 3.95. The zero-order valence-electron chi connectivity index (χ0n) is 17.0. The number of hydrogen-bond donors (Lipinski definition) is 0. The third-order valence-corrected chi connectivity index (χ3v) is 6.19. The minimum Gasteiger partial charge on any atom is -0.289 e. The Hall–Kier alpha value is -3.75. The van der Waals surface area contributed by atoms with Crippen LogP contribution in [0.15, 0.2) is 59.1 Å². The highest BCUT2D eigenvalue weighted by molar-refractivity contribution is 6.27. The highest BCUT2D eigenvalue weighted by atomic mass is 19.4. The van der Waals surface area contributed by atoms with Gasteiger partial charge in [-0.25, -0.2) is 9.79 Å². The van der Waals surface area contributed by atoms with E-state index in [9.17, 15) is 27.6 Å². The largest absolute Gasteiger partial charge is 0.416 e. The number of amides is 3. The van der Waals surface area contributed by atoms with Gasteiger partial charge in [0.2, 0.25) is 5.91 Å². The maximum atomic E-state index is 13.3. The van der Waals surface area contributed by atoms with Crippen molar-refractivity contribution in [1.29, 1.82) is 0 Å². The molecule has 2 aromatic rings. The molecule has 2 heterocycles. The Kier molecular flexibility index (Phi) is 4.17. The number of hydrogen-bond acceptors (Lipinski definition) is 4. The molecular formula is C23H16F3N3O3. The first kappa shape index (κ1) is 20.2. The van der Waals surface area contributed by atoms with Crippen molar-refractivity contribution in [3.8, 4) is 0 Å². The molecule has 0 N–H and O–H groups in total. The lowest BCUT2D eigenvalue weighted by molar-refractivity contribution is -0.137. The Bertz CT molecular complexity index is 1260. The standard InChI is InChI=1S/C23H16F3N3O3/c1-28-20-17(21(31)29(2)22(28)32)15(11-7-9-12(10-8-11)23(24,25)26)16-18(27-20)13-5-3-4-6-14(13)19(16)30/h3-10,15,17H,1-2H3. The number of imide groups is 1. The predicted molar refractivity (Wildman–Crippen MR) is 109 cm³/mol. The van der Waals surface area contributed by atoms with Crippen LogP contribution in [0.2, 0.25) is 0 Å². The number of benzene rings is 2. The zero-order valence-corrected chi connectivity index (χ0v) is 17.0. The molecule has 32 heavy (non-hydrogen) atoms. The van der Waals surface area contributed by atoms with Gasteiger partial charge in [-0.2, -0.15) is 13.2 Å². The Balaban J connectivity index is 1.74. The van der Waals surface area contributed by atoms with E-state index in [0.29, 0.717) is 22.4 Å². The SMILES string of the molecule is CN1C(=O)C2C(=NC3=C(C(=O)c4ccccc43)C2c2ccc(C(F)(F)F)cc2)N(C)C1=O. The number of ketones is 1. The first-order valence-electron chi connectivity index (χ1n) is 9.80. The second-order valence-corrected chi connectivity index (χ2v) is 7.92. The molecule has 6 nitrogen and oxygen atoms in total. The van der Waals surface area contributed by atoms with Gasteiger partial charge in [0.15, 0.2) is 5.78 Å². The summed E-state index contributed by atoms with van der Waals surface area (Å²) in [6.07, 6.45) is -4.52. The molecule has 1 fully saturated rings. The number of nitrogens with zero attached hydrogens (tertiary/aromatic N) is 3. The molecule has 3 aliphatic rings. The first-order valence-corrected chi connectivity index (χ1v) is 9.80. The van der Waals surface area contributed by atoms with Crippen molar-refractivity contribution in [2.75, 3.05) is 14.1 Å². The summed E-state index contributed by atoms with van der Waals surface area (Å²) in [7, 11) is 2.81. The molecule has 1 saturated heterocycles. The van der Waals surface area contributed by atoms with Crippen LogP contribution in [-0.2, 0) is 11.0 Å². The van der Waals surface area contributed by atoms with Crippen molar-refractivity contribution in [3.05, 3.63) is 76.4 Å². The third kappa shape index (κ3) is 2.66. The van der Waals surface area contributed by atoms with Crippen molar-refractivity contribution in [3.63, 3.8) is 0 Å². The van der Waals surface area contributed by atoms with E-state index in [1.54, 1.807) is 24.3 Å². The molecule has 3 amide bonds. The van der Waals surface area contributed by atoms with Crippen molar-refractivity contribution < 1.29 is 27.6 Å². The van der Waals surface area contributed by atoms with Gasteiger partial charge < -0.3 is 0 Å². The fourth-order valence-corrected chi connectivity index (χ4v) is 4.60. The molecule has 2 aromatic carbocycles. The van der Waals surface area contributed by atoms with E-state index in [1.165, 1.54) is 31.1 Å². The zero-order chi connectivity index (χ0) is 22.9. The third-order valence-electron chi connectivity index (χ3n) is 6.19. The second kappa shape index (κ2) is 6.62.